The van der Waals surface area contributed by atoms with Crippen LogP contribution in [0.4, 0.5) is 0 Å². The number of aromatic nitrogens is 1. The summed E-state index contributed by atoms with van der Waals surface area (Å²) < 4.78 is 5.11. The van der Waals surface area contributed by atoms with Gasteiger partial charge >= 0.3 is 0 Å². The molecule has 2 fully saturated rings. The van der Waals surface area contributed by atoms with Crippen LogP contribution >= 0.6 is 12.4 Å². The Morgan fingerprint density at radius 3 is 2.74 bits per heavy atom. The molecule has 0 spiro atoms. The van der Waals surface area contributed by atoms with Crippen molar-refractivity contribution in [3.8, 4) is 0 Å². The van der Waals surface area contributed by atoms with Gasteiger partial charge in [0.2, 0.25) is 5.91 Å². The van der Waals surface area contributed by atoms with E-state index in [4.69, 9.17) is 4.52 Å². The molecule has 3 heterocycles. The van der Waals surface area contributed by atoms with Crippen LogP contribution in [-0.2, 0) is 11.3 Å². The molecule has 0 radical (unpaired) electrons. The smallest absolute Gasteiger partial charge is 0.225 e. The van der Waals surface area contributed by atoms with Gasteiger partial charge in [-0.25, -0.2) is 0 Å². The van der Waals surface area contributed by atoms with Crippen LogP contribution < -0.4 is 5.32 Å². The first-order chi connectivity index (χ1) is 10.6. The van der Waals surface area contributed by atoms with E-state index in [0.29, 0.717) is 11.9 Å². The van der Waals surface area contributed by atoms with Crippen molar-refractivity contribution < 1.29 is 9.32 Å². The Morgan fingerprint density at radius 1 is 1.39 bits per heavy atom. The molecule has 1 amide bonds. The number of carbonyl (C=O) groups excluding carboxylic acids is 1. The summed E-state index contributed by atoms with van der Waals surface area (Å²) in [5, 5.41) is 7.45. The van der Waals surface area contributed by atoms with E-state index in [-0.39, 0.29) is 18.3 Å². The van der Waals surface area contributed by atoms with Crippen LogP contribution in [0, 0.1) is 12.8 Å². The molecular weight excluding hydrogens is 316 g/mol. The zero-order valence-electron chi connectivity index (χ0n) is 14.0. The number of rotatable bonds is 3. The minimum Gasteiger partial charge on any atom is -0.361 e. The Balaban J connectivity index is 0.00000192. The lowest BCUT2D eigenvalue weighted by molar-refractivity contribution is -0.138. The Bertz CT molecular complexity index is 514. The summed E-state index contributed by atoms with van der Waals surface area (Å²) in [4.78, 5) is 17.0. The van der Waals surface area contributed by atoms with Crippen molar-refractivity contribution in [1.29, 1.82) is 0 Å². The fourth-order valence-corrected chi connectivity index (χ4v) is 3.46. The average Bonchev–Trinajstić information content (AvgIpc) is 2.92. The molecule has 2 aliphatic heterocycles. The Labute approximate surface area is 144 Å². The third-order valence-corrected chi connectivity index (χ3v) is 4.72. The maximum atomic E-state index is 12.6. The Kier molecular flexibility index (Phi) is 6.44. The van der Waals surface area contributed by atoms with Crippen molar-refractivity contribution in [2.45, 2.75) is 39.3 Å². The van der Waals surface area contributed by atoms with Crippen LogP contribution in [-0.4, -0.2) is 59.6 Å². The fourth-order valence-electron chi connectivity index (χ4n) is 3.46. The lowest BCUT2D eigenvalue weighted by atomic mass is 9.92. The first kappa shape index (κ1) is 18.2. The second kappa shape index (κ2) is 8.13. The van der Waals surface area contributed by atoms with Gasteiger partial charge < -0.3 is 14.7 Å². The maximum absolute atomic E-state index is 12.6. The van der Waals surface area contributed by atoms with Gasteiger partial charge in [0.1, 0.15) is 5.76 Å². The summed E-state index contributed by atoms with van der Waals surface area (Å²) in [6.45, 7) is 9.33. The molecule has 2 aliphatic rings. The van der Waals surface area contributed by atoms with Gasteiger partial charge in [-0.15, -0.1) is 12.4 Å². The third kappa shape index (κ3) is 4.68. The maximum Gasteiger partial charge on any atom is 0.225 e. The largest absolute Gasteiger partial charge is 0.361 e. The van der Waals surface area contributed by atoms with Gasteiger partial charge in [0.25, 0.3) is 0 Å². The second-order valence-corrected chi connectivity index (χ2v) is 6.61. The number of nitrogens with one attached hydrogen (secondary N) is 1. The number of carbonyl (C=O) groups is 1. The van der Waals surface area contributed by atoms with Gasteiger partial charge in [0.05, 0.1) is 5.69 Å². The van der Waals surface area contributed by atoms with Gasteiger partial charge in [-0.3, -0.25) is 9.69 Å². The molecule has 3 rings (SSSR count). The highest BCUT2D eigenvalue weighted by atomic mass is 35.5. The highest BCUT2D eigenvalue weighted by molar-refractivity contribution is 5.85. The van der Waals surface area contributed by atoms with Crippen molar-refractivity contribution in [2.24, 2.45) is 5.92 Å². The molecule has 2 atom stereocenters. The predicted octanol–water partition coefficient (Wildman–Crippen LogP) is 1.44. The molecule has 0 aliphatic carbocycles. The predicted molar refractivity (Wildman–Crippen MR) is 90.5 cm³/mol. The third-order valence-electron chi connectivity index (χ3n) is 4.72. The molecule has 130 valence electrons. The Morgan fingerprint density at radius 2 is 2.13 bits per heavy atom. The molecule has 7 heteroatoms. The first-order valence-corrected chi connectivity index (χ1v) is 8.28. The molecule has 0 aromatic carbocycles. The minimum atomic E-state index is 0. The van der Waals surface area contributed by atoms with Gasteiger partial charge in [0.15, 0.2) is 0 Å². The molecule has 1 aromatic heterocycles. The van der Waals surface area contributed by atoms with E-state index in [2.05, 4.69) is 22.3 Å². The zero-order chi connectivity index (χ0) is 15.5. The van der Waals surface area contributed by atoms with Crippen molar-refractivity contribution in [2.75, 3.05) is 32.7 Å². The number of piperidine rings is 1. The van der Waals surface area contributed by atoms with Crippen molar-refractivity contribution in [3.63, 3.8) is 0 Å². The van der Waals surface area contributed by atoms with Crippen LogP contribution in [0.3, 0.4) is 0 Å². The van der Waals surface area contributed by atoms with E-state index in [1.807, 2.05) is 17.9 Å². The van der Waals surface area contributed by atoms with E-state index >= 15 is 0 Å². The van der Waals surface area contributed by atoms with Crippen molar-refractivity contribution in [1.82, 2.24) is 20.3 Å². The molecule has 1 aromatic rings. The van der Waals surface area contributed by atoms with Gasteiger partial charge in [-0.2, -0.15) is 0 Å². The minimum absolute atomic E-state index is 0. The number of hydrogen-bond donors (Lipinski definition) is 1. The highest BCUT2D eigenvalue weighted by Gasteiger charge is 2.30. The number of hydrogen-bond acceptors (Lipinski definition) is 5. The molecule has 0 unspecified atom stereocenters. The molecule has 2 saturated heterocycles. The number of halogens is 1. The van der Waals surface area contributed by atoms with Crippen LogP contribution in [0.5, 0.6) is 0 Å². The van der Waals surface area contributed by atoms with Gasteiger partial charge in [0, 0.05) is 50.7 Å². The standard InChI is InChI=1S/C16H26N4O2.ClH/c1-12-9-14(3-4-17-12)16(21)20-7-5-19(6-8-20)11-15-10-13(2)22-18-15;/h10,12,14,17H,3-9,11H2,1-2H3;1H/t12-,14-;/m0./s1. The van der Waals surface area contributed by atoms with Crippen molar-refractivity contribution in [3.05, 3.63) is 17.5 Å². The first-order valence-electron chi connectivity index (χ1n) is 8.28. The van der Waals surface area contributed by atoms with E-state index < -0.39 is 0 Å². The van der Waals surface area contributed by atoms with Crippen LogP contribution in [0.1, 0.15) is 31.2 Å². The molecule has 1 N–H and O–H groups in total. The molecule has 6 nitrogen and oxygen atoms in total. The normalized spacial score (nSPS) is 25.9. The number of piperazine rings is 1. The topological polar surface area (TPSA) is 61.6 Å². The summed E-state index contributed by atoms with van der Waals surface area (Å²) in [6, 6.07) is 2.44. The lowest BCUT2D eigenvalue weighted by Crippen LogP contribution is -2.51. The quantitative estimate of drug-likeness (QED) is 0.900. The van der Waals surface area contributed by atoms with E-state index in [1.54, 1.807) is 0 Å². The molecule has 0 saturated carbocycles. The van der Waals surface area contributed by atoms with Gasteiger partial charge in [-0.1, -0.05) is 5.16 Å². The zero-order valence-corrected chi connectivity index (χ0v) is 14.8. The number of aryl methyl sites for hydroxylation is 1. The van der Waals surface area contributed by atoms with Crippen molar-refractivity contribution >= 4 is 18.3 Å². The summed E-state index contributed by atoms with van der Waals surface area (Å²) in [5.41, 5.74) is 0.976. The Hall–Kier alpha value is -1.11. The van der Waals surface area contributed by atoms with E-state index in [1.165, 1.54) is 0 Å². The number of nitrogens with zero attached hydrogens (tertiary/aromatic N) is 3. The number of amides is 1. The summed E-state index contributed by atoms with van der Waals surface area (Å²) in [7, 11) is 0. The second-order valence-electron chi connectivity index (χ2n) is 6.61. The average molecular weight is 343 g/mol. The van der Waals surface area contributed by atoms with Crippen LogP contribution in [0.25, 0.3) is 0 Å². The lowest BCUT2D eigenvalue weighted by Gasteiger charge is -2.37. The monoisotopic (exact) mass is 342 g/mol. The highest BCUT2D eigenvalue weighted by Crippen LogP contribution is 2.20. The summed E-state index contributed by atoms with van der Waals surface area (Å²) >= 11 is 0. The van der Waals surface area contributed by atoms with Crippen LogP contribution in [0.15, 0.2) is 10.6 Å². The molecule has 23 heavy (non-hydrogen) atoms. The summed E-state index contributed by atoms with van der Waals surface area (Å²) in [5.74, 6) is 1.41. The fraction of sp³-hybridized carbons (Fsp3) is 0.750. The van der Waals surface area contributed by atoms with Crippen LogP contribution in [0.2, 0.25) is 0 Å². The summed E-state index contributed by atoms with van der Waals surface area (Å²) in [6.07, 6.45) is 1.94. The van der Waals surface area contributed by atoms with Gasteiger partial charge in [-0.05, 0) is 33.2 Å². The molecule has 0 bridgehead atoms. The molecular formula is C16H27ClN4O2. The van der Waals surface area contributed by atoms with E-state index in [0.717, 1.165) is 63.6 Å². The SMILES string of the molecule is Cc1cc(CN2CCN(C(=O)[C@H]3CCN[C@@H](C)C3)CC2)no1.Cl. The van der Waals surface area contributed by atoms with E-state index in [9.17, 15) is 4.79 Å².